The van der Waals surface area contributed by atoms with Gasteiger partial charge in [0.1, 0.15) is 0 Å². The van der Waals surface area contributed by atoms with Crippen molar-refractivity contribution in [2.24, 2.45) is 11.8 Å². The first-order valence-corrected chi connectivity index (χ1v) is 7.72. The summed E-state index contributed by atoms with van der Waals surface area (Å²) in [7, 11) is 2.00. The van der Waals surface area contributed by atoms with Gasteiger partial charge < -0.3 is 15.1 Å². The molecule has 0 saturated carbocycles. The first-order chi connectivity index (χ1) is 9.00. The predicted molar refractivity (Wildman–Crippen MR) is 78.0 cm³/mol. The maximum absolute atomic E-state index is 12.5. The maximum Gasteiger partial charge on any atom is 0.227 e. The molecule has 0 aromatic carbocycles. The Morgan fingerprint density at radius 1 is 1.26 bits per heavy atom. The summed E-state index contributed by atoms with van der Waals surface area (Å²) in [5.74, 6) is 1.01. The highest BCUT2D eigenvalue weighted by Crippen LogP contribution is 2.23. The molecule has 0 aromatic heterocycles. The van der Waals surface area contributed by atoms with Crippen molar-refractivity contribution < 1.29 is 4.79 Å². The van der Waals surface area contributed by atoms with Gasteiger partial charge in [-0.15, -0.1) is 0 Å². The van der Waals surface area contributed by atoms with Crippen LogP contribution in [-0.4, -0.2) is 61.0 Å². The Morgan fingerprint density at radius 2 is 1.89 bits per heavy atom. The number of nitrogens with zero attached hydrogens (tertiary/aromatic N) is 2. The van der Waals surface area contributed by atoms with Crippen molar-refractivity contribution in [3.05, 3.63) is 0 Å². The molecule has 0 aromatic rings. The van der Waals surface area contributed by atoms with Gasteiger partial charge in [-0.1, -0.05) is 6.92 Å². The number of piperidine rings is 1. The minimum atomic E-state index is 0.188. The fraction of sp³-hybridized carbons (Fsp3) is 0.933. The van der Waals surface area contributed by atoms with Crippen LogP contribution in [0.3, 0.4) is 0 Å². The predicted octanol–water partition coefficient (Wildman–Crippen LogP) is 1.17. The Balaban J connectivity index is 1.87. The van der Waals surface area contributed by atoms with Crippen molar-refractivity contribution >= 4 is 5.91 Å². The zero-order valence-corrected chi connectivity index (χ0v) is 12.9. The van der Waals surface area contributed by atoms with E-state index in [1.165, 1.54) is 0 Å². The van der Waals surface area contributed by atoms with Crippen LogP contribution in [0.15, 0.2) is 0 Å². The van der Waals surface area contributed by atoms with Gasteiger partial charge in [0.05, 0.1) is 5.92 Å². The van der Waals surface area contributed by atoms with Crippen molar-refractivity contribution in [2.75, 3.05) is 33.2 Å². The van der Waals surface area contributed by atoms with Gasteiger partial charge >= 0.3 is 0 Å². The maximum atomic E-state index is 12.5. The number of hydrogen-bond donors (Lipinski definition) is 1. The van der Waals surface area contributed by atoms with Gasteiger partial charge in [0.25, 0.3) is 0 Å². The Morgan fingerprint density at radius 3 is 2.37 bits per heavy atom. The molecule has 2 saturated heterocycles. The lowest BCUT2D eigenvalue weighted by Gasteiger charge is -2.39. The van der Waals surface area contributed by atoms with Crippen molar-refractivity contribution in [3.8, 4) is 0 Å². The van der Waals surface area contributed by atoms with E-state index < -0.39 is 0 Å². The second-order valence-electron chi connectivity index (χ2n) is 6.55. The van der Waals surface area contributed by atoms with E-state index in [0.717, 1.165) is 39.0 Å². The van der Waals surface area contributed by atoms with E-state index in [0.29, 0.717) is 23.9 Å². The number of carbonyl (C=O) groups is 1. The van der Waals surface area contributed by atoms with Crippen LogP contribution < -0.4 is 5.32 Å². The molecule has 2 heterocycles. The number of carbonyl (C=O) groups excluding carboxylic acids is 1. The van der Waals surface area contributed by atoms with Crippen LogP contribution in [0.25, 0.3) is 0 Å². The lowest BCUT2D eigenvalue weighted by atomic mass is 9.94. The SMILES string of the molecule is CC(C)N1CCC(N(C)C(=O)[C@@H]2CNC[C@H]2C)CC1. The van der Waals surface area contributed by atoms with Crippen LogP contribution in [0.4, 0.5) is 0 Å². The molecule has 0 spiro atoms. The van der Waals surface area contributed by atoms with Gasteiger partial charge in [-0.3, -0.25) is 4.79 Å². The number of amides is 1. The van der Waals surface area contributed by atoms with Crippen LogP contribution in [0.2, 0.25) is 0 Å². The molecule has 4 nitrogen and oxygen atoms in total. The summed E-state index contributed by atoms with van der Waals surface area (Å²) >= 11 is 0. The first-order valence-electron chi connectivity index (χ1n) is 7.72. The number of likely N-dealkylation sites (tertiary alicyclic amines) is 1. The smallest absolute Gasteiger partial charge is 0.227 e. The second kappa shape index (κ2) is 6.23. The number of rotatable bonds is 3. The molecule has 0 unspecified atom stereocenters. The minimum absolute atomic E-state index is 0.188. The van der Waals surface area contributed by atoms with E-state index in [1.807, 2.05) is 11.9 Å². The van der Waals surface area contributed by atoms with Gasteiger partial charge in [-0.05, 0) is 39.2 Å². The van der Waals surface area contributed by atoms with Crippen LogP contribution >= 0.6 is 0 Å². The molecule has 2 aliphatic heterocycles. The molecule has 2 fully saturated rings. The quantitative estimate of drug-likeness (QED) is 0.834. The zero-order chi connectivity index (χ0) is 14.0. The third-order valence-electron chi connectivity index (χ3n) is 4.96. The van der Waals surface area contributed by atoms with E-state index in [-0.39, 0.29) is 5.92 Å². The fourth-order valence-corrected chi connectivity index (χ4v) is 3.37. The summed E-state index contributed by atoms with van der Waals surface area (Å²) in [6.45, 7) is 10.8. The molecular weight excluding hydrogens is 238 g/mol. The summed E-state index contributed by atoms with van der Waals surface area (Å²) in [6.07, 6.45) is 2.24. The van der Waals surface area contributed by atoms with Crippen molar-refractivity contribution in [2.45, 2.75) is 45.7 Å². The van der Waals surface area contributed by atoms with Gasteiger partial charge in [0.15, 0.2) is 0 Å². The monoisotopic (exact) mass is 267 g/mol. The standard InChI is InChI=1S/C15H29N3O/c1-11(2)18-7-5-13(6-8-18)17(4)15(19)14-10-16-9-12(14)3/h11-14,16H,5-10H2,1-4H3/t12-,14-/m1/s1. The summed E-state index contributed by atoms with van der Waals surface area (Å²) in [4.78, 5) is 17.1. The van der Waals surface area contributed by atoms with E-state index in [2.05, 4.69) is 31.0 Å². The van der Waals surface area contributed by atoms with Crippen molar-refractivity contribution in [3.63, 3.8) is 0 Å². The molecule has 0 aliphatic carbocycles. The molecular formula is C15H29N3O. The number of hydrogen-bond acceptors (Lipinski definition) is 3. The summed E-state index contributed by atoms with van der Waals surface area (Å²) in [5.41, 5.74) is 0. The largest absolute Gasteiger partial charge is 0.342 e. The molecule has 0 bridgehead atoms. The highest BCUT2D eigenvalue weighted by molar-refractivity contribution is 5.79. The second-order valence-corrected chi connectivity index (χ2v) is 6.55. The van der Waals surface area contributed by atoms with Gasteiger partial charge in [-0.25, -0.2) is 0 Å². The molecule has 1 amide bonds. The third kappa shape index (κ3) is 3.29. The van der Waals surface area contributed by atoms with Gasteiger partial charge in [0, 0.05) is 38.8 Å². The molecule has 2 rings (SSSR count). The Labute approximate surface area is 117 Å². The molecule has 1 N–H and O–H groups in total. The lowest BCUT2D eigenvalue weighted by molar-refractivity contribution is -0.137. The molecule has 4 heteroatoms. The molecule has 19 heavy (non-hydrogen) atoms. The minimum Gasteiger partial charge on any atom is -0.342 e. The highest BCUT2D eigenvalue weighted by Gasteiger charge is 2.34. The summed E-state index contributed by atoms with van der Waals surface area (Å²) in [6, 6.07) is 1.07. The number of nitrogens with one attached hydrogen (secondary N) is 1. The van der Waals surface area contributed by atoms with Crippen molar-refractivity contribution in [1.29, 1.82) is 0 Å². The van der Waals surface area contributed by atoms with E-state index in [4.69, 9.17) is 0 Å². The summed E-state index contributed by atoms with van der Waals surface area (Å²) in [5, 5.41) is 3.33. The Kier molecular flexibility index (Phi) is 4.85. The molecule has 0 radical (unpaired) electrons. The van der Waals surface area contributed by atoms with Crippen LogP contribution in [0.1, 0.15) is 33.6 Å². The van der Waals surface area contributed by atoms with Crippen LogP contribution in [0, 0.1) is 11.8 Å². The van der Waals surface area contributed by atoms with Crippen LogP contribution in [-0.2, 0) is 4.79 Å². The average molecular weight is 267 g/mol. The fourth-order valence-electron chi connectivity index (χ4n) is 3.37. The van der Waals surface area contributed by atoms with Gasteiger partial charge in [-0.2, -0.15) is 0 Å². The lowest BCUT2D eigenvalue weighted by Crippen LogP contribution is -2.49. The van der Waals surface area contributed by atoms with E-state index in [9.17, 15) is 4.79 Å². The normalized spacial score (nSPS) is 29.9. The Hall–Kier alpha value is -0.610. The topological polar surface area (TPSA) is 35.6 Å². The van der Waals surface area contributed by atoms with Crippen molar-refractivity contribution in [1.82, 2.24) is 15.1 Å². The zero-order valence-electron chi connectivity index (χ0n) is 12.9. The van der Waals surface area contributed by atoms with E-state index in [1.54, 1.807) is 0 Å². The average Bonchev–Trinajstić information content (AvgIpc) is 2.83. The molecule has 2 atom stereocenters. The highest BCUT2D eigenvalue weighted by atomic mass is 16.2. The molecule has 110 valence electrons. The molecule has 2 aliphatic rings. The first kappa shape index (κ1) is 14.8. The van der Waals surface area contributed by atoms with Crippen LogP contribution in [0.5, 0.6) is 0 Å². The van der Waals surface area contributed by atoms with E-state index >= 15 is 0 Å². The van der Waals surface area contributed by atoms with Gasteiger partial charge in [0.2, 0.25) is 5.91 Å². The Bertz CT molecular complexity index is 311. The summed E-state index contributed by atoms with van der Waals surface area (Å²) < 4.78 is 0. The third-order valence-corrected chi connectivity index (χ3v) is 4.96.